The maximum atomic E-state index is 14.6. The van der Waals surface area contributed by atoms with Gasteiger partial charge in [0.2, 0.25) is 18.2 Å². The molecule has 1 amide bonds. The molecule has 162 valence electrons. The molecule has 1 aromatic heterocycles. The molecule has 11 heteroatoms. The number of carbonyl (C=O) groups excluding carboxylic acids is 1. The Morgan fingerprint density at radius 3 is 2.86 bits per heavy atom. The van der Waals surface area contributed by atoms with Gasteiger partial charge in [0.25, 0.3) is 5.92 Å². The van der Waals surface area contributed by atoms with E-state index in [9.17, 15) is 26.7 Å². The molecule has 29 heavy (non-hydrogen) atoms. The summed E-state index contributed by atoms with van der Waals surface area (Å²) in [6.45, 7) is -0.323. The summed E-state index contributed by atoms with van der Waals surface area (Å²) >= 11 is 0. The first-order chi connectivity index (χ1) is 13.7. The number of ether oxygens (including phenoxy) is 1. The summed E-state index contributed by atoms with van der Waals surface area (Å²) in [5.41, 5.74) is 0.257. The summed E-state index contributed by atoms with van der Waals surface area (Å²) < 4.78 is 73.3. The van der Waals surface area contributed by atoms with Gasteiger partial charge in [0, 0.05) is 31.6 Å². The summed E-state index contributed by atoms with van der Waals surface area (Å²) in [5, 5.41) is 5.72. The molecular formula is C18H23F5N4O2. The molecule has 0 aromatic carbocycles. The van der Waals surface area contributed by atoms with Crippen LogP contribution in [0.2, 0.25) is 0 Å². The van der Waals surface area contributed by atoms with Crippen LogP contribution in [-0.4, -0.2) is 56.0 Å². The van der Waals surface area contributed by atoms with Crippen molar-refractivity contribution >= 4 is 11.7 Å². The topological polar surface area (TPSA) is 66.5 Å². The molecule has 2 atom stereocenters. The second kappa shape index (κ2) is 8.68. The first-order valence-electron chi connectivity index (χ1n) is 9.38. The summed E-state index contributed by atoms with van der Waals surface area (Å²) in [5.74, 6) is -7.15. The van der Waals surface area contributed by atoms with E-state index in [1.54, 1.807) is 0 Å². The van der Waals surface area contributed by atoms with Gasteiger partial charge in [0.1, 0.15) is 5.92 Å². The number of nitrogens with one attached hydrogen (secondary N) is 2. The number of aromatic nitrogens is 1. The van der Waals surface area contributed by atoms with Gasteiger partial charge in [-0.05, 0) is 25.5 Å². The van der Waals surface area contributed by atoms with Gasteiger partial charge in [-0.15, -0.1) is 0 Å². The van der Waals surface area contributed by atoms with Gasteiger partial charge in [-0.2, -0.15) is 4.98 Å². The second-order valence-corrected chi connectivity index (χ2v) is 7.23. The number of halogens is 5. The predicted octanol–water partition coefficient (Wildman–Crippen LogP) is 2.32. The van der Waals surface area contributed by atoms with Crippen LogP contribution in [0, 0.1) is 11.7 Å². The van der Waals surface area contributed by atoms with E-state index < -0.39 is 37.0 Å². The highest BCUT2D eigenvalue weighted by Crippen LogP contribution is 2.39. The lowest BCUT2D eigenvalue weighted by molar-refractivity contribution is -0.125. The Labute approximate surface area is 164 Å². The summed E-state index contributed by atoms with van der Waals surface area (Å²) in [6.07, 6.45) is -2.46. The Kier molecular flexibility index (Phi) is 6.45. The van der Waals surface area contributed by atoms with E-state index in [1.807, 2.05) is 0 Å². The third-order valence-electron chi connectivity index (χ3n) is 5.30. The number of piperidine rings is 1. The number of methoxy groups -OCH3 is 1. The van der Waals surface area contributed by atoms with Crippen LogP contribution in [0.3, 0.4) is 0 Å². The van der Waals surface area contributed by atoms with E-state index in [4.69, 9.17) is 4.74 Å². The van der Waals surface area contributed by atoms with Gasteiger partial charge in [-0.1, -0.05) is 0 Å². The van der Waals surface area contributed by atoms with Crippen LogP contribution in [-0.2, 0) is 11.3 Å². The number of amides is 1. The predicted molar refractivity (Wildman–Crippen MR) is 94.9 cm³/mol. The van der Waals surface area contributed by atoms with Gasteiger partial charge < -0.3 is 20.3 Å². The first-order valence-corrected chi connectivity index (χ1v) is 9.38. The standard InChI is InChI=1S/C18H23F5N4O2/c1-29-17-10(8-25-16(28)13-3-2-5-24-13)7-12(19)15(26-17)27-6-4-18(22,23)11(9-27)14(20)21/h7,11,13-14,24H,2-6,8-9H2,1H3,(H,25,28). The minimum absolute atomic E-state index is 0.00740. The van der Waals surface area contributed by atoms with Crippen molar-refractivity contribution in [1.29, 1.82) is 0 Å². The van der Waals surface area contributed by atoms with E-state index in [-0.39, 0.29) is 42.3 Å². The van der Waals surface area contributed by atoms with Crippen LogP contribution in [0.15, 0.2) is 6.07 Å². The van der Waals surface area contributed by atoms with Gasteiger partial charge >= 0.3 is 0 Å². The van der Waals surface area contributed by atoms with E-state index >= 15 is 0 Å². The lowest BCUT2D eigenvalue weighted by atomic mass is 9.94. The number of carbonyl (C=O) groups is 1. The van der Waals surface area contributed by atoms with Crippen molar-refractivity contribution in [3.05, 3.63) is 17.4 Å². The second-order valence-electron chi connectivity index (χ2n) is 7.23. The van der Waals surface area contributed by atoms with Crippen molar-refractivity contribution in [2.45, 2.75) is 44.2 Å². The molecule has 3 heterocycles. The lowest BCUT2D eigenvalue weighted by Crippen LogP contribution is -2.50. The molecule has 2 aliphatic rings. The fourth-order valence-corrected chi connectivity index (χ4v) is 3.63. The average molecular weight is 422 g/mol. The minimum atomic E-state index is -3.52. The Bertz CT molecular complexity index is 743. The molecule has 2 saturated heterocycles. The number of hydrogen-bond acceptors (Lipinski definition) is 5. The first kappa shape index (κ1) is 21.5. The number of pyridine rings is 1. The molecule has 2 fully saturated rings. The summed E-state index contributed by atoms with van der Waals surface area (Å²) in [6, 6.07) is 0.771. The van der Waals surface area contributed by atoms with Crippen LogP contribution in [0.25, 0.3) is 0 Å². The van der Waals surface area contributed by atoms with Crippen LogP contribution in [0.5, 0.6) is 5.88 Å². The fourth-order valence-electron chi connectivity index (χ4n) is 3.63. The third-order valence-corrected chi connectivity index (χ3v) is 5.30. The van der Waals surface area contributed by atoms with E-state index in [0.29, 0.717) is 6.42 Å². The average Bonchev–Trinajstić information content (AvgIpc) is 3.21. The summed E-state index contributed by atoms with van der Waals surface area (Å²) in [4.78, 5) is 17.2. The Morgan fingerprint density at radius 2 is 2.24 bits per heavy atom. The van der Waals surface area contributed by atoms with Gasteiger partial charge in [0.05, 0.1) is 13.2 Å². The summed E-state index contributed by atoms with van der Waals surface area (Å²) in [7, 11) is 1.29. The largest absolute Gasteiger partial charge is 0.481 e. The highest BCUT2D eigenvalue weighted by atomic mass is 19.3. The Balaban J connectivity index is 1.75. The molecule has 0 aliphatic carbocycles. The molecule has 0 saturated carbocycles. The number of nitrogens with zero attached hydrogens (tertiary/aromatic N) is 2. The molecule has 0 bridgehead atoms. The van der Waals surface area contributed by atoms with Crippen molar-refractivity contribution in [3.8, 4) is 5.88 Å². The number of alkyl halides is 4. The van der Waals surface area contributed by atoms with E-state index in [2.05, 4.69) is 15.6 Å². The molecule has 1 aromatic rings. The molecule has 0 spiro atoms. The number of rotatable bonds is 6. The van der Waals surface area contributed by atoms with Crippen molar-refractivity contribution in [3.63, 3.8) is 0 Å². The lowest BCUT2D eigenvalue weighted by Gasteiger charge is -2.38. The minimum Gasteiger partial charge on any atom is -0.481 e. The Hall–Kier alpha value is -2.17. The quantitative estimate of drug-likeness (QED) is 0.689. The number of anilines is 1. The zero-order valence-electron chi connectivity index (χ0n) is 15.9. The third kappa shape index (κ3) is 4.71. The normalized spacial score (nSPS) is 24.0. The highest BCUT2D eigenvalue weighted by Gasteiger charge is 2.49. The van der Waals surface area contributed by atoms with E-state index in [1.165, 1.54) is 7.11 Å². The maximum absolute atomic E-state index is 14.6. The van der Waals surface area contributed by atoms with Gasteiger partial charge in [0.15, 0.2) is 11.6 Å². The number of hydrogen-bond donors (Lipinski definition) is 2. The molecule has 0 radical (unpaired) electrons. The zero-order valence-corrected chi connectivity index (χ0v) is 15.9. The molecule has 2 N–H and O–H groups in total. The van der Waals surface area contributed by atoms with Crippen molar-refractivity contribution in [2.24, 2.45) is 5.92 Å². The van der Waals surface area contributed by atoms with Crippen LogP contribution in [0.1, 0.15) is 24.8 Å². The molecular weight excluding hydrogens is 399 g/mol. The van der Waals surface area contributed by atoms with Crippen LogP contribution >= 0.6 is 0 Å². The molecule has 2 unspecified atom stereocenters. The maximum Gasteiger partial charge on any atom is 0.259 e. The van der Waals surface area contributed by atoms with Crippen LogP contribution in [0.4, 0.5) is 27.8 Å². The zero-order chi connectivity index (χ0) is 21.2. The fraction of sp³-hybridized carbons (Fsp3) is 0.667. The van der Waals surface area contributed by atoms with Crippen molar-refractivity contribution < 1.29 is 31.5 Å². The molecule has 3 rings (SSSR count). The van der Waals surface area contributed by atoms with Crippen LogP contribution < -0.4 is 20.3 Å². The molecule has 2 aliphatic heterocycles. The van der Waals surface area contributed by atoms with Crippen molar-refractivity contribution in [2.75, 3.05) is 31.6 Å². The SMILES string of the molecule is COc1nc(N2CCC(F)(F)C(C(F)F)C2)c(F)cc1CNC(=O)C1CCCN1. The smallest absolute Gasteiger partial charge is 0.259 e. The monoisotopic (exact) mass is 422 g/mol. The van der Waals surface area contributed by atoms with Crippen molar-refractivity contribution in [1.82, 2.24) is 15.6 Å². The Morgan fingerprint density at radius 1 is 1.48 bits per heavy atom. The molecule has 6 nitrogen and oxygen atoms in total. The van der Waals surface area contributed by atoms with Gasteiger partial charge in [-0.3, -0.25) is 4.79 Å². The van der Waals surface area contributed by atoms with E-state index in [0.717, 1.165) is 23.9 Å². The van der Waals surface area contributed by atoms with Gasteiger partial charge in [-0.25, -0.2) is 22.0 Å². The highest BCUT2D eigenvalue weighted by molar-refractivity contribution is 5.82.